The van der Waals surface area contributed by atoms with Crippen LogP contribution in [0.15, 0.2) is 48.5 Å². The van der Waals surface area contributed by atoms with Crippen molar-refractivity contribution in [2.24, 2.45) is 0 Å². The Morgan fingerprint density at radius 2 is 2.07 bits per heavy atom. The Bertz CT molecular complexity index is 1010. The van der Waals surface area contributed by atoms with Crippen molar-refractivity contribution in [1.29, 1.82) is 0 Å². The summed E-state index contributed by atoms with van der Waals surface area (Å²) in [5.41, 5.74) is 3.87. The summed E-state index contributed by atoms with van der Waals surface area (Å²) >= 11 is 0. The fraction of sp³-hybridized carbons (Fsp3) is 0.304. The average molecular weight is 357 g/mol. The molecule has 0 aliphatic heterocycles. The normalized spacial score (nSPS) is 15.1. The molecule has 27 heavy (non-hydrogen) atoms. The number of rotatable bonds is 5. The average Bonchev–Trinajstić information content (AvgIpc) is 2.98. The number of benzene rings is 2. The second kappa shape index (κ2) is 7.28. The number of nitrogens with one attached hydrogen (secondary N) is 1. The zero-order valence-corrected chi connectivity index (χ0v) is 15.5. The second-order valence-corrected chi connectivity index (χ2v) is 7.30. The van der Waals surface area contributed by atoms with Crippen molar-refractivity contribution in [1.82, 2.24) is 9.55 Å². The van der Waals surface area contributed by atoms with Gasteiger partial charge in [0.15, 0.2) is 0 Å². The van der Waals surface area contributed by atoms with E-state index in [4.69, 9.17) is 6.42 Å². The molecule has 1 heterocycles. The van der Waals surface area contributed by atoms with Gasteiger partial charge < -0.3 is 4.57 Å². The molecule has 1 aliphatic rings. The van der Waals surface area contributed by atoms with Crippen LogP contribution in [0, 0.1) is 12.3 Å². The van der Waals surface area contributed by atoms with Gasteiger partial charge in [-0.2, -0.15) is 0 Å². The van der Waals surface area contributed by atoms with Gasteiger partial charge in [0.2, 0.25) is 11.9 Å². The van der Waals surface area contributed by atoms with E-state index in [0.717, 1.165) is 29.4 Å². The van der Waals surface area contributed by atoms with Crippen molar-refractivity contribution in [2.75, 3.05) is 5.32 Å². The van der Waals surface area contributed by atoms with Gasteiger partial charge in [-0.15, -0.1) is 6.42 Å². The number of aromatic nitrogens is 2. The van der Waals surface area contributed by atoms with Crippen LogP contribution in [0.5, 0.6) is 0 Å². The number of carbonyl (C=O) groups is 1. The van der Waals surface area contributed by atoms with E-state index in [1.54, 1.807) is 0 Å². The lowest BCUT2D eigenvalue weighted by Crippen LogP contribution is -2.22. The number of imidazole rings is 1. The molecule has 3 aromatic rings. The first-order chi connectivity index (χ1) is 13.2. The first kappa shape index (κ1) is 17.4. The maximum absolute atomic E-state index is 12.7. The number of terminal acetylenes is 1. The first-order valence-corrected chi connectivity index (χ1v) is 9.49. The van der Waals surface area contributed by atoms with Gasteiger partial charge in [0.05, 0.1) is 11.0 Å². The zero-order chi connectivity index (χ0) is 18.8. The molecule has 0 bridgehead atoms. The van der Waals surface area contributed by atoms with E-state index in [1.807, 2.05) is 36.4 Å². The summed E-state index contributed by atoms with van der Waals surface area (Å²) in [7, 11) is 0. The van der Waals surface area contributed by atoms with Crippen molar-refractivity contribution in [3.63, 3.8) is 0 Å². The van der Waals surface area contributed by atoms with Gasteiger partial charge in [-0.25, -0.2) is 4.98 Å². The molecule has 1 fully saturated rings. The van der Waals surface area contributed by atoms with Crippen LogP contribution in [-0.4, -0.2) is 15.5 Å². The minimum Gasteiger partial charge on any atom is -0.307 e. The molecular formula is C23H23N3O. The lowest BCUT2D eigenvalue weighted by Gasteiger charge is -2.29. The standard InChI is InChI=1S/C23H23N3O/c1-3-17-12-13-20-21(15-17)26(19-10-7-11-19)23(24-20)25-22(27)14-16(2)18-8-5-4-6-9-18/h1,4-6,8-9,12-13,15-16,19H,7,10-11,14H2,2H3,(H,24,25,27)/t16-/m0/s1. The molecule has 4 nitrogen and oxygen atoms in total. The summed E-state index contributed by atoms with van der Waals surface area (Å²) in [6, 6.07) is 16.3. The third-order valence-corrected chi connectivity index (χ3v) is 5.41. The summed E-state index contributed by atoms with van der Waals surface area (Å²) in [6.07, 6.45) is 9.40. The molecule has 1 N–H and O–H groups in total. The van der Waals surface area contributed by atoms with Gasteiger partial charge in [-0.05, 0) is 48.9 Å². The van der Waals surface area contributed by atoms with Crippen molar-refractivity contribution in [3.05, 3.63) is 59.7 Å². The monoisotopic (exact) mass is 357 g/mol. The summed E-state index contributed by atoms with van der Waals surface area (Å²) in [4.78, 5) is 17.4. The number of carbonyl (C=O) groups excluding carboxylic acids is 1. The van der Waals surface area contributed by atoms with Gasteiger partial charge >= 0.3 is 0 Å². The molecule has 0 spiro atoms. The van der Waals surface area contributed by atoms with Crippen molar-refractivity contribution in [3.8, 4) is 12.3 Å². The first-order valence-electron chi connectivity index (χ1n) is 9.49. The van der Waals surface area contributed by atoms with Crippen molar-refractivity contribution < 1.29 is 4.79 Å². The summed E-state index contributed by atoms with van der Waals surface area (Å²) in [5, 5.41) is 3.05. The lowest BCUT2D eigenvalue weighted by atomic mass is 9.92. The molecule has 1 aliphatic carbocycles. The quantitative estimate of drug-likeness (QED) is 0.662. The summed E-state index contributed by atoms with van der Waals surface area (Å²) < 4.78 is 2.16. The third-order valence-electron chi connectivity index (χ3n) is 5.41. The summed E-state index contributed by atoms with van der Waals surface area (Å²) in [6.45, 7) is 2.07. The maximum atomic E-state index is 12.7. The zero-order valence-electron chi connectivity index (χ0n) is 15.5. The van der Waals surface area contributed by atoms with Crippen LogP contribution in [0.4, 0.5) is 5.95 Å². The maximum Gasteiger partial charge on any atom is 0.227 e. The minimum absolute atomic E-state index is 0.0144. The van der Waals surface area contributed by atoms with Crippen LogP contribution in [0.3, 0.4) is 0 Å². The molecule has 4 rings (SSSR count). The van der Waals surface area contributed by atoms with Crippen LogP contribution >= 0.6 is 0 Å². The van der Waals surface area contributed by atoms with Crippen LogP contribution in [0.25, 0.3) is 11.0 Å². The molecular weight excluding hydrogens is 334 g/mol. The van der Waals surface area contributed by atoms with E-state index in [2.05, 4.69) is 39.8 Å². The Balaban J connectivity index is 1.59. The molecule has 4 heteroatoms. The third kappa shape index (κ3) is 3.46. The second-order valence-electron chi connectivity index (χ2n) is 7.30. The summed E-state index contributed by atoms with van der Waals surface area (Å²) in [5.74, 6) is 3.46. The van der Waals surface area contributed by atoms with Crippen LogP contribution in [0.2, 0.25) is 0 Å². The van der Waals surface area contributed by atoms with Crippen LogP contribution in [0.1, 0.15) is 55.7 Å². The topological polar surface area (TPSA) is 46.9 Å². The predicted molar refractivity (Wildman–Crippen MR) is 109 cm³/mol. The van der Waals surface area contributed by atoms with E-state index in [0.29, 0.717) is 18.4 Å². The van der Waals surface area contributed by atoms with Gasteiger partial charge in [0, 0.05) is 18.0 Å². The van der Waals surface area contributed by atoms with Crippen LogP contribution < -0.4 is 5.32 Å². The molecule has 136 valence electrons. The Morgan fingerprint density at radius 3 is 2.74 bits per heavy atom. The molecule has 1 aromatic heterocycles. The predicted octanol–water partition coefficient (Wildman–Crippen LogP) is 4.87. The molecule has 0 radical (unpaired) electrons. The van der Waals surface area contributed by atoms with Gasteiger partial charge in [-0.1, -0.05) is 43.2 Å². The molecule has 1 atom stereocenters. The number of fused-ring (bicyclic) bond motifs is 1. The highest BCUT2D eigenvalue weighted by atomic mass is 16.1. The van der Waals surface area contributed by atoms with Gasteiger partial charge in [0.1, 0.15) is 0 Å². The number of amides is 1. The highest BCUT2D eigenvalue weighted by Gasteiger charge is 2.26. The van der Waals surface area contributed by atoms with E-state index in [9.17, 15) is 4.79 Å². The molecule has 1 saturated carbocycles. The minimum atomic E-state index is -0.0144. The number of hydrogen-bond donors (Lipinski definition) is 1. The number of nitrogens with zero attached hydrogens (tertiary/aromatic N) is 2. The number of hydrogen-bond acceptors (Lipinski definition) is 2. The van der Waals surface area contributed by atoms with Crippen molar-refractivity contribution in [2.45, 2.75) is 44.6 Å². The highest BCUT2D eigenvalue weighted by Crippen LogP contribution is 2.37. The van der Waals surface area contributed by atoms with Crippen molar-refractivity contribution >= 4 is 22.9 Å². The molecule has 0 unspecified atom stereocenters. The van der Waals surface area contributed by atoms with Crippen LogP contribution in [-0.2, 0) is 4.79 Å². The van der Waals surface area contributed by atoms with E-state index >= 15 is 0 Å². The Hall–Kier alpha value is -3.06. The van der Waals surface area contributed by atoms with E-state index in [1.165, 1.54) is 12.0 Å². The van der Waals surface area contributed by atoms with E-state index in [-0.39, 0.29) is 11.8 Å². The number of anilines is 1. The van der Waals surface area contributed by atoms with E-state index < -0.39 is 0 Å². The Labute approximate surface area is 159 Å². The SMILES string of the molecule is C#Cc1ccc2nc(NC(=O)C[C@H](C)c3ccccc3)n(C3CCC3)c2c1. The molecule has 1 amide bonds. The molecule has 2 aromatic carbocycles. The van der Waals surface area contributed by atoms with Gasteiger partial charge in [-0.3, -0.25) is 10.1 Å². The smallest absolute Gasteiger partial charge is 0.227 e. The van der Waals surface area contributed by atoms with Gasteiger partial charge in [0.25, 0.3) is 0 Å². The fourth-order valence-electron chi connectivity index (χ4n) is 3.64. The highest BCUT2D eigenvalue weighted by molar-refractivity contribution is 5.92. The Morgan fingerprint density at radius 1 is 1.30 bits per heavy atom. The lowest BCUT2D eigenvalue weighted by molar-refractivity contribution is -0.116. The molecule has 0 saturated heterocycles. The largest absolute Gasteiger partial charge is 0.307 e. The fourth-order valence-corrected chi connectivity index (χ4v) is 3.64. The Kier molecular flexibility index (Phi) is 4.68.